The molecule has 2 rings (SSSR count). The quantitative estimate of drug-likeness (QED) is 0.852. The Bertz CT molecular complexity index is 717. The minimum Gasteiger partial charge on any atom is -0.399 e. The van der Waals surface area contributed by atoms with Crippen molar-refractivity contribution >= 4 is 17.3 Å². The van der Waals surface area contributed by atoms with Crippen molar-refractivity contribution in [3.05, 3.63) is 58.5 Å². The van der Waals surface area contributed by atoms with Crippen LogP contribution in [0.2, 0.25) is 0 Å². The summed E-state index contributed by atoms with van der Waals surface area (Å²) in [6, 6.07) is 11.4. The highest BCUT2D eigenvalue weighted by molar-refractivity contribution is 5.94. The number of anilines is 2. The van der Waals surface area contributed by atoms with E-state index in [0.717, 1.165) is 5.69 Å². The first-order chi connectivity index (χ1) is 10.4. The third-order valence-electron chi connectivity index (χ3n) is 3.55. The van der Waals surface area contributed by atoms with Gasteiger partial charge in [0, 0.05) is 23.1 Å². The zero-order valence-electron chi connectivity index (χ0n) is 13.0. The summed E-state index contributed by atoms with van der Waals surface area (Å²) in [7, 11) is 0. The van der Waals surface area contributed by atoms with Crippen LogP contribution in [-0.4, -0.2) is 10.5 Å². The molecule has 1 atom stereocenters. The van der Waals surface area contributed by atoms with Crippen molar-refractivity contribution in [2.24, 2.45) is 5.92 Å². The average Bonchev–Trinajstić information content (AvgIpc) is 2.45. The minimum absolute atomic E-state index is 0.0208. The first kappa shape index (κ1) is 15.8. The number of carbonyl (C=O) groups excluding carboxylic acids is 1. The molecule has 116 valence electrons. The summed E-state index contributed by atoms with van der Waals surface area (Å²) in [5, 5.41) is 2.85. The van der Waals surface area contributed by atoms with E-state index in [1.165, 1.54) is 10.6 Å². The van der Waals surface area contributed by atoms with Gasteiger partial charge in [-0.2, -0.15) is 0 Å². The molecule has 0 aliphatic heterocycles. The van der Waals surface area contributed by atoms with Crippen LogP contribution in [0.4, 0.5) is 11.4 Å². The molecule has 0 radical (unpaired) electrons. The van der Waals surface area contributed by atoms with Gasteiger partial charge in [-0.1, -0.05) is 19.9 Å². The normalized spacial score (nSPS) is 12.2. The molecule has 0 saturated heterocycles. The van der Waals surface area contributed by atoms with Gasteiger partial charge in [0.05, 0.1) is 0 Å². The van der Waals surface area contributed by atoms with Crippen LogP contribution >= 0.6 is 0 Å². The molecule has 22 heavy (non-hydrogen) atoms. The topological polar surface area (TPSA) is 77.1 Å². The van der Waals surface area contributed by atoms with Crippen molar-refractivity contribution < 1.29 is 4.79 Å². The van der Waals surface area contributed by atoms with Crippen molar-refractivity contribution in [3.8, 4) is 0 Å². The zero-order valence-corrected chi connectivity index (χ0v) is 13.0. The number of amides is 1. The third kappa shape index (κ3) is 3.36. The van der Waals surface area contributed by atoms with Crippen LogP contribution in [0.15, 0.2) is 47.3 Å². The molecule has 1 heterocycles. The van der Waals surface area contributed by atoms with Crippen LogP contribution in [0, 0.1) is 12.8 Å². The van der Waals surface area contributed by atoms with E-state index >= 15 is 0 Å². The van der Waals surface area contributed by atoms with E-state index in [0.29, 0.717) is 11.4 Å². The summed E-state index contributed by atoms with van der Waals surface area (Å²) >= 11 is 0. The Morgan fingerprint density at radius 2 is 1.77 bits per heavy atom. The molecule has 1 amide bonds. The summed E-state index contributed by atoms with van der Waals surface area (Å²) in [5.41, 5.74) is 7.52. The maximum atomic E-state index is 12.6. The molecule has 1 aromatic carbocycles. The van der Waals surface area contributed by atoms with Crippen molar-refractivity contribution in [3.63, 3.8) is 0 Å². The monoisotopic (exact) mass is 299 g/mol. The van der Waals surface area contributed by atoms with Crippen molar-refractivity contribution in [2.75, 3.05) is 11.1 Å². The number of nitrogens with zero attached hydrogens (tertiary/aromatic N) is 1. The number of nitrogen functional groups attached to an aromatic ring is 1. The van der Waals surface area contributed by atoms with E-state index in [4.69, 9.17) is 5.73 Å². The van der Waals surface area contributed by atoms with Crippen molar-refractivity contribution in [2.45, 2.75) is 26.8 Å². The Labute approximate surface area is 129 Å². The number of hydrogen-bond acceptors (Lipinski definition) is 3. The number of rotatable bonds is 4. The molecule has 0 saturated carbocycles. The van der Waals surface area contributed by atoms with Crippen LogP contribution in [0.5, 0.6) is 0 Å². The first-order valence-corrected chi connectivity index (χ1v) is 7.24. The minimum atomic E-state index is -0.564. The van der Waals surface area contributed by atoms with Gasteiger partial charge >= 0.3 is 0 Å². The molecular weight excluding hydrogens is 278 g/mol. The number of benzene rings is 1. The van der Waals surface area contributed by atoms with Gasteiger partial charge in [0.25, 0.3) is 5.56 Å². The highest BCUT2D eigenvalue weighted by Crippen LogP contribution is 2.21. The Balaban J connectivity index is 2.34. The van der Waals surface area contributed by atoms with Crippen molar-refractivity contribution in [1.82, 2.24) is 4.57 Å². The highest BCUT2D eigenvalue weighted by atomic mass is 16.2. The van der Waals surface area contributed by atoms with E-state index < -0.39 is 6.04 Å². The lowest BCUT2D eigenvalue weighted by molar-refractivity contribution is -0.120. The molecule has 0 aliphatic rings. The fourth-order valence-electron chi connectivity index (χ4n) is 2.46. The van der Waals surface area contributed by atoms with Gasteiger partial charge in [-0.25, -0.2) is 0 Å². The molecule has 5 nitrogen and oxygen atoms in total. The summed E-state index contributed by atoms with van der Waals surface area (Å²) in [4.78, 5) is 24.8. The number of aromatic nitrogens is 1. The predicted molar refractivity (Wildman–Crippen MR) is 88.8 cm³/mol. The van der Waals surface area contributed by atoms with E-state index in [1.54, 1.807) is 30.3 Å². The van der Waals surface area contributed by atoms with Gasteiger partial charge in [-0.05, 0) is 43.2 Å². The summed E-state index contributed by atoms with van der Waals surface area (Å²) < 4.78 is 1.54. The molecular formula is C17H21N3O2. The standard InChI is InChI=1S/C17H21N3O2/c1-11(2)16(20-12(3)5-4-6-15(20)21)17(22)19-14-9-7-13(18)8-10-14/h4-11,16H,18H2,1-3H3,(H,19,22). The molecule has 0 aliphatic carbocycles. The number of aryl methyl sites for hydroxylation is 1. The number of hydrogen-bond donors (Lipinski definition) is 2. The van der Waals surface area contributed by atoms with Crippen molar-refractivity contribution in [1.29, 1.82) is 0 Å². The number of nitrogens with one attached hydrogen (secondary N) is 1. The van der Waals surface area contributed by atoms with Gasteiger partial charge in [0.2, 0.25) is 5.91 Å². The number of pyridine rings is 1. The number of carbonyl (C=O) groups is 1. The third-order valence-corrected chi connectivity index (χ3v) is 3.55. The highest BCUT2D eigenvalue weighted by Gasteiger charge is 2.26. The molecule has 0 fully saturated rings. The Morgan fingerprint density at radius 1 is 1.14 bits per heavy atom. The van der Waals surface area contributed by atoms with Gasteiger partial charge in [0.1, 0.15) is 6.04 Å². The second-order valence-corrected chi connectivity index (χ2v) is 5.68. The smallest absolute Gasteiger partial charge is 0.251 e. The van der Waals surface area contributed by atoms with E-state index in [2.05, 4.69) is 5.32 Å². The van der Waals surface area contributed by atoms with Crippen LogP contribution in [0.25, 0.3) is 0 Å². The maximum absolute atomic E-state index is 12.6. The second-order valence-electron chi connectivity index (χ2n) is 5.68. The van der Waals surface area contributed by atoms with Gasteiger partial charge in [0.15, 0.2) is 0 Å². The van der Waals surface area contributed by atoms with Crippen LogP contribution in [0.3, 0.4) is 0 Å². The van der Waals surface area contributed by atoms with Gasteiger partial charge < -0.3 is 15.6 Å². The number of nitrogens with two attached hydrogens (primary N) is 1. The first-order valence-electron chi connectivity index (χ1n) is 7.24. The van der Waals surface area contributed by atoms with E-state index in [9.17, 15) is 9.59 Å². The molecule has 3 N–H and O–H groups in total. The van der Waals surface area contributed by atoms with E-state index in [-0.39, 0.29) is 17.4 Å². The average molecular weight is 299 g/mol. The fourth-order valence-corrected chi connectivity index (χ4v) is 2.46. The lowest BCUT2D eigenvalue weighted by atomic mass is 10.0. The Kier molecular flexibility index (Phi) is 4.65. The molecule has 0 spiro atoms. The lowest BCUT2D eigenvalue weighted by Gasteiger charge is -2.24. The second kappa shape index (κ2) is 6.47. The summed E-state index contributed by atoms with van der Waals surface area (Å²) in [5.74, 6) is -0.233. The van der Waals surface area contributed by atoms with Crippen LogP contribution in [-0.2, 0) is 4.79 Å². The van der Waals surface area contributed by atoms with E-state index in [1.807, 2.05) is 26.8 Å². The summed E-state index contributed by atoms with van der Waals surface area (Å²) in [6.07, 6.45) is 0. The van der Waals surface area contributed by atoms with Gasteiger partial charge in [-0.3, -0.25) is 9.59 Å². The largest absolute Gasteiger partial charge is 0.399 e. The Hall–Kier alpha value is -2.56. The molecule has 5 heteroatoms. The maximum Gasteiger partial charge on any atom is 0.251 e. The molecule has 2 aromatic rings. The molecule has 0 bridgehead atoms. The molecule has 1 aromatic heterocycles. The zero-order chi connectivity index (χ0) is 16.3. The van der Waals surface area contributed by atoms with Crippen LogP contribution < -0.4 is 16.6 Å². The molecule has 1 unspecified atom stereocenters. The van der Waals surface area contributed by atoms with Crippen LogP contribution in [0.1, 0.15) is 25.6 Å². The SMILES string of the molecule is Cc1cccc(=O)n1C(C(=O)Nc1ccc(N)cc1)C(C)C. The predicted octanol–water partition coefficient (Wildman–Crippen LogP) is 2.57. The lowest BCUT2D eigenvalue weighted by Crippen LogP contribution is -2.37. The Morgan fingerprint density at radius 3 is 2.32 bits per heavy atom. The fraction of sp³-hybridized carbons (Fsp3) is 0.294. The summed E-state index contributed by atoms with van der Waals surface area (Å²) in [6.45, 7) is 5.67. The van der Waals surface area contributed by atoms with Gasteiger partial charge in [-0.15, -0.1) is 0 Å².